The monoisotopic (exact) mass is 713 g/mol. The molecule has 0 fully saturated rings. The van der Waals surface area contributed by atoms with Gasteiger partial charge < -0.3 is 20.5 Å². The molecule has 0 radical (unpaired) electrons. The third kappa shape index (κ3) is 9.00. The summed E-state index contributed by atoms with van der Waals surface area (Å²) in [6.07, 6.45) is 12.5. The molecule has 5 aromatic heterocycles. The van der Waals surface area contributed by atoms with E-state index < -0.39 is 0 Å². The van der Waals surface area contributed by atoms with E-state index in [9.17, 15) is 4.79 Å². The summed E-state index contributed by atoms with van der Waals surface area (Å²) in [5.74, 6) is 2.44. The molecule has 54 heavy (non-hydrogen) atoms. The molecule has 1 amide bonds. The molecule has 12 nitrogen and oxygen atoms in total. The smallest absolute Gasteiger partial charge is 0.255 e. The minimum Gasteiger partial charge on any atom is -0.457 e. The van der Waals surface area contributed by atoms with E-state index in [-0.39, 0.29) is 5.91 Å². The van der Waals surface area contributed by atoms with Crippen LogP contribution in [0.15, 0.2) is 159 Å². The second-order valence-electron chi connectivity index (χ2n) is 12.1. The first-order valence-corrected chi connectivity index (χ1v) is 16.9. The number of nitrogens with zero attached hydrogens (tertiary/aromatic N) is 7. The molecule has 8 aromatic rings. The van der Waals surface area contributed by atoms with Crippen LogP contribution in [0, 0.1) is 0 Å². The van der Waals surface area contributed by atoms with Crippen LogP contribution < -0.4 is 20.5 Å². The van der Waals surface area contributed by atoms with Crippen molar-refractivity contribution in [3.63, 3.8) is 0 Å². The second-order valence-corrected chi connectivity index (χ2v) is 12.1. The van der Waals surface area contributed by atoms with Crippen LogP contribution in [-0.2, 0) is 14.1 Å². The number of nitrogens with one attached hydrogen (secondary N) is 1. The molecule has 12 heteroatoms. The maximum Gasteiger partial charge on any atom is 0.255 e. The molecule has 0 spiro atoms. The summed E-state index contributed by atoms with van der Waals surface area (Å²) in [7, 11) is 3.73. The number of rotatable bonds is 9. The zero-order valence-corrected chi connectivity index (χ0v) is 29.4. The normalized spacial score (nSPS) is 10.6. The Morgan fingerprint density at radius 2 is 1.17 bits per heavy atom. The summed E-state index contributed by atoms with van der Waals surface area (Å²) in [6, 6.07) is 35.0. The topological polar surface area (TPSA) is 148 Å². The average molecular weight is 714 g/mol. The van der Waals surface area contributed by atoms with Crippen molar-refractivity contribution in [1.29, 1.82) is 0 Å². The minimum atomic E-state index is -0.210. The standard InChI is InChI=1S/C27H21N5O2.C15H14N4O/c1-32-18-21(17-30-32)26-16-24(11-13-29-26)34-23-9-5-8-22(15-23)31-27(33)20-7-4-6-19(14-20)25-10-2-3-12-28-25;1-19-10-11(9-18-19)15-8-14(5-6-17-15)20-13-4-2-3-12(16)7-13/h2-18H,1H3,(H,31,33);2-10H,16H2,1H3. The van der Waals surface area contributed by atoms with Crippen molar-refractivity contribution in [1.82, 2.24) is 34.5 Å². The van der Waals surface area contributed by atoms with Gasteiger partial charge in [-0.15, -0.1) is 0 Å². The van der Waals surface area contributed by atoms with Crippen molar-refractivity contribution >= 4 is 17.3 Å². The molecule has 0 atom stereocenters. The van der Waals surface area contributed by atoms with Crippen LogP contribution in [0.1, 0.15) is 10.4 Å². The van der Waals surface area contributed by atoms with Crippen molar-refractivity contribution in [3.8, 4) is 56.8 Å². The Kier molecular flexibility index (Phi) is 10.4. The number of aryl methyl sites for hydroxylation is 2. The van der Waals surface area contributed by atoms with Gasteiger partial charge in [-0.1, -0.05) is 30.3 Å². The van der Waals surface area contributed by atoms with Gasteiger partial charge in [0.05, 0.1) is 29.5 Å². The molecule has 0 saturated carbocycles. The molecule has 0 unspecified atom stereocenters. The largest absolute Gasteiger partial charge is 0.457 e. The van der Waals surface area contributed by atoms with E-state index in [1.165, 1.54) is 0 Å². The zero-order valence-electron chi connectivity index (χ0n) is 29.4. The van der Waals surface area contributed by atoms with E-state index in [4.69, 9.17) is 15.2 Å². The Labute approximate surface area is 311 Å². The summed E-state index contributed by atoms with van der Waals surface area (Å²) < 4.78 is 15.3. The fourth-order valence-electron chi connectivity index (χ4n) is 5.42. The highest BCUT2D eigenvalue weighted by atomic mass is 16.5. The predicted molar refractivity (Wildman–Crippen MR) is 208 cm³/mol. The lowest BCUT2D eigenvalue weighted by Crippen LogP contribution is -2.11. The lowest BCUT2D eigenvalue weighted by Gasteiger charge is -2.10. The Balaban J connectivity index is 0.000000191. The van der Waals surface area contributed by atoms with Crippen LogP contribution in [0.5, 0.6) is 23.0 Å². The molecule has 0 saturated heterocycles. The number of ether oxygens (including phenoxy) is 2. The van der Waals surface area contributed by atoms with Crippen molar-refractivity contribution in [2.45, 2.75) is 0 Å². The Morgan fingerprint density at radius 3 is 1.76 bits per heavy atom. The molecular weight excluding hydrogens is 679 g/mol. The number of hydrogen-bond acceptors (Lipinski definition) is 9. The molecule has 3 aromatic carbocycles. The van der Waals surface area contributed by atoms with Gasteiger partial charge in [0, 0.05) is 103 Å². The number of pyridine rings is 3. The van der Waals surface area contributed by atoms with E-state index in [0.29, 0.717) is 39.9 Å². The van der Waals surface area contributed by atoms with Gasteiger partial charge in [-0.25, -0.2) is 0 Å². The van der Waals surface area contributed by atoms with Crippen LogP contribution in [0.25, 0.3) is 33.8 Å². The van der Waals surface area contributed by atoms with E-state index in [1.807, 2.05) is 117 Å². The van der Waals surface area contributed by atoms with Gasteiger partial charge in [0.2, 0.25) is 0 Å². The lowest BCUT2D eigenvalue weighted by atomic mass is 10.1. The number of amides is 1. The van der Waals surface area contributed by atoms with Crippen molar-refractivity contribution in [3.05, 3.63) is 164 Å². The number of benzene rings is 3. The van der Waals surface area contributed by atoms with E-state index in [2.05, 4.69) is 30.5 Å². The Morgan fingerprint density at radius 1 is 0.574 bits per heavy atom. The average Bonchev–Trinajstić information content (AvgIpc) is 3.84. The predicted octanol–water partition coefficient (Wildman–Crippen LogP) is 8.45. The van der Waals surface area contributed by atoms with Crippen LogP contribution in [-0.4, -0.2) is 40.4 Å². The van der Waals surface area contributed by atoms with Gasteiger partial charge in [0.1, 0.15) is 23.0 Å². The number of aromatic nitrogens is 7. The van der Waals surface area contributed by atoms with Gasteiger partial charge in [0.15, 0.2) is 0 Å². The second kappa shape index (κ2) is 16.2. The summed E-state index contributed by atoms with van der Waals surface area (Å²) >= 11 is 0. The van der Waals surface area contributed by atoms with E-state index >= 15 is 0 Å². The third-order valence-corrected chi connectivity index (χ3v) is 7.97. The first kappa shape index (κ1) is 34.8. The van der Waals surface area contributed by atoms with Crippen LogP contribution in [0.2, 0.25) is 0 Å². The van der Waals surface area contributed by atoms with Crippen LogP contribution in [0.4, 0.5) is 11.4 Å². The highest BCUT2D eigenvalue weighted by Crippen LogP contribution is 2.29. The summed E-state index contributed by atoms with van der Waals surface area (Å²) in [6.45, 7) is 0. The summed E-state index contributed by atoms with van der Waals surface area (Å²) in [5.41, 5.74) is 12.7. The molecule has 266 valence electrons. The first-order valence-electron chi connectivity index (χ1n) is 16.9. The zero-order chi connectivity index (χ0) is 37.3. The highest BCUT2D eigenvalue weighted by molar-refractivity contribution is 6.05. The number of nitrogens with two attached hydrogens (primary N) is 1. The molecule has 0 aliphatic heterocycles. The molecule has 0 aliphatic carbocycles. The van der Waals surface area contributed by atoms with Crippen LogP contribution >= 0.6 is 0 Å². The number of carbonyl (C=O) groups is 1. The summed E-state index contributed by atoms with van der Waals surface area (Å²) in [5, 5.41) is 11.3. The Bertz CT molecular complexity index is 2510. The number of anilines is 2. The minimum absolute atomic E-state index is 0.210. The molecule has 0 bridgehead atoms. The van der Waals surface area contributed by atoms with Gasteiger partial charge in [-0.3, -0.25) is 29.1 Å². The molecule has 3 N–H and O–H groups in total. The fourth-order valence-corrected chi connectivity index (χ4v) is 5.42. The van der Waals surface area contributed by atoms with Gasteiger partial charge in [0.25, 0.3) is 5.91 Å². The molecular formula is C42H35N9O3. The summed E-state index contributed by atoms with van der Waals surface area (Å²) in [4.78, 5) is 25.9. The Hall–Kier alpha value is -7.60. The van der Waals surface area contributed by atoms with Crippen molar-refractivity contribution < 1.29 is 14.3 Å². The van der Waals surface area contributed by atoms with Gasteiger partial charge >= 0.3 is 0 Å². The maximum absolute atomic E-state index is 12.9. The highest BCUT2D eigenvalue weighted by Gasteiger charge is 2.10. The van der Waals surface area contributed by atoms with E-state index in [0.717, 1.165) is 33.8 Å². The fraction of sp³-hybridized carbons (Fsp3) is 0.0476. The number of carbonyl (C=O) groups excluding carboxylic acids is 1. The van der Waals surface area contributed by atoms with Crippen molar-refractivity contribution in [2.75, 3.05) is 11.1 Å². The SMILES string of the molecule is Cn1cc(-c2cc(Oc3cccc(N)c3)ccn2)cn1.Cn1cc(-c2cc(Oc3cccc(NC(=O)c4cccc(-c5ccccn5)c4)c3)ccn2)cn1. The quantitative estimate of drug-likeness (QED) is 0.141. The number of nitrogen functional groups attached to an aromatic ring is 1. The van der Waals surface area contributed by atoms with Crippen molar-refractivity contribution in [2.24, 2.45) is 14.1 Å². The maximum atomic E-state index is 12.9. The third-order valence-electron chi connectivity index (χ3n) is 7.97. The molecule has 0 aliphatic rings. The van der Waals surface area contributed by atoms with Crippen LogP contribution in [0.3, 0.4) is 0 Å². The lowest BCUT2D eigenvalue weighted by molar-refractivity contribution is 0.102. The number of hydrogen-bond donors (Lipinski definition) is 2. The van der Waals surface area contributed by atoms with Gasteiger partial charge in [-0.2, -0.15) is 10.2 Å². The molecule has 5 heterocycles. The first-order chi connectivity index (χ1) is 26.3. The van der Waals surface area contributed by atoms with E-state index in [1.54, 1.807) is 64.6 Å². The van der Waals surface area contributed by atoms with Gasteiger partial charge in [-0.05, 0) is 60.7 Å². The molecule has 8 rings (SSSR count).